The second kappa shape index (κ2) is 6.59. The predicted molar refractivity (Wildman–Crippen MR) is 90.1 cm³/mol. The number of hydrogen-bond acceptors (Lipinski definition) is 5. The molecule has 1 unspecified atom stereocenters. The average Bonchev–Trinajstić information content (AvgIpc) is 3.10. The van der Waals surface area contributed by atoms with E-state index >= 15 is 0 Å². The number of nitriles is 1. The zero-order valence-corrected chi connectivity index (χ0v) is 13.3. The Morgan fingerprint density at radius 1 is 1.29 bits per heavy atom. The highest BCUT2D eigenvalue weighted by Gasteiger charge is 2.28. The van der Waals surface area contributed by atoms with Crippen LogP contribution in [0.2, 0.25) is 0 Å². The first kappa shape index (κ1) is 15.8. The summed E-state index contributed by atoms with van der Waals surface area (Å²) in [6.07, 6.45) is 1.99. The molecule has 0 spiro atoms. The first-order valence-electron chi connectivity index (χ1n) is 7.73. The van der Waals surface area contributed by atoms with Crippen molar-refractivity contribution in [3.05, 3.63) is 63.7 Å². The molecule has 1 aliphatic heterocycles. The average molecular weight is 323 g/mol. The minimum atomic E-state index is -0.477. The summed E-state index contributed by atoms with van der Waals surface area (Å²) < 4.78 is 5.19. The van der Waals surface area contributed by atoms with Crippen LogP contribution >= 0.6 is 0 Å². The van der Waals surface area contributed by atoms with Crippen LogP contribution in [0.15, 0.2) is 42.5 Å². The van der Waals surface area contributed by atoms with E-state index in [-0.39, 0.29) is 11.7 Å². The van der Waals surface area contributed by atoms with Crippen molar-refractivity contribution in [3.8, 4) is 11.8 Å². The predicted octanol–water partition coefficient (Wildman–Crippen LogP) is 3.82. The summed E-state index contributed by atoms with van der Waals surface area (Å²) in [4.78, 5) is 12.6. The van der Waals surface area contributed by atoms with Crippen LogP contribution in [0.4, 0.5) is 11.4 Å². The molecule has 1 heterocycles. The molecule has 0 aromatic heterocycles. The Kier molecular flexibility index (Phi) is 4.34. The van der Waals surface area contributed by atoms with Gasteiger partial charge in [-0.3, -0.25) is 10.1 Å². The van der Waals surface area contributed by atoms with E-state index in [0.717, 1.165) is 36.4 Å². The van der Waals surface area contributed by atoms with Gasteiger partial charge >= 0.3 is 0 Å². The van der Waals surface area contributed by atoms with Crippen LogP contribution < -0.4 is 9.64 Å². The second-order valence-corrected chi connectivity index (χ2v) is 5.69. The minimum Gasteiger partial charge on any atom is -0.497 e. The molecule has 3 rings (SSSR count). The number of nitro groups is 1. The van der Waals surface area contributed by atoms with Crippen LogP contribution in [-0.4, -0.2) is 18.6 Å². The lowest BCUT2D eigenvalue weighted by Crippen LogP contribution is -2.23. The number of hydrogen-bond donors (Lipinski definition) is 0. The Balaban J connectivity index is 1.95. The molecule has 1 aliphatic rings. The molecule has 0 aliphatic carbocycles. The van der Waals surface area contributed by atoms with E-state index in [2.05, 4.69) is 11.0 Å². The maximum atomic E-state index is 10.9. The van der Waals surface area contributed by atoms with Gasteiger partial charge in [-0.25, -0.2) is 0 Å². The summed E-state index contributed by atoms with van der Waals surface area (Å²) in [7, 11) is 1.63. The lowest BCUT2D eigenvalue weighted by Gasteiger charge is -2.28. The quantitative estimate of drug-likeness (QED) is 0.631. The molecular formula is C18H17N3O3. The van der Waals surface area contributed by atoms with Crippen LogP contribution in [0.3, 0.4) is 0 Å². The Hall–Kier alpha value is -3.07. The Labute approximate surface area is 140 Å². The first-order chi connectivity index (χ1) is 11.6. The van der Waals surface area contributed by atoms with Gasteiger partial charge in [0.2, 0.25) is 0 Å². The van der Waals surface area contributed by atoms with Gasteiger partial charge in [0.1, 0.15) is 11.8 Å². The third-order valence-electron chi connectivity index (χ3n) is 4.37. The molecule has 0 bridgehead atoms. The Bertz CT molecular complexity index is 796. The van der Waals surface area contributed by atoms with E-state index in [1.54, 1.807) is 13.2 Å². The number of benzene rings is 2. The first-order valence-corrected chi connectivity index (χ1v) is 7.73. The largest absolute Gasteiger partial charge is 0.497 e. The smallest absolute Gasteiger partial charge is 0.270 e. The molecule has 1 saturated heterocycles. The number of non-ortho nitro benzene ring substituents is 1. The van der Waals surface area contributed by atoms with Crippen LogP contribution in [-0.2, 0) is 0 Å². The zero-order chi connectivity index (χ0) is 17.1. The van der Waals surface area contributed by atoms with Crippen molar-refractivity contribution in [2.24, 2.45) is 0 Å². The lowest BCUT2D eigenvalue weighted by atomic mass is 10.0. The standard InChI is InChI=1S/C18H17N3O3/c1-24-16-7-4-13(5-8-16)17-3-2-10-20(17)18-9-6-15(21(22)23)11-14(18)12-19/h4-9,11,17H,2-3,10H2,1H3. The molecule has 6 heteroatoms. The van der Waals surface area contributed by atoms with Crippen molar-refractivity contribution in [1.29, 1.82) is 5.26 Å². The number of methoxy groups -OCH3 is 1. The Morgan fingerprint density at radius 3 is 2.67 bits per heavy atom. The van der Waals surface area contributed by atoms with Crippen LogP contribution in [0, 0.1) is 21.4 Å². The third-order valence-corrected chi connectivity index (χ3v) is 4.37. The molecule has 1 fully saturated rings. The molecule has 2 aromatic carbocycles. The maximum Gasteiger partial charge on any atom is 0.270 e. The molecule has 24 heavy (non-hydrogen) atoms. The van der Waals surface area contributed by atoms with Gasteiger partial charge in [-0.2, -0.15) is 5.26 Å². The van der Waals surface area contributed by atoms with Gasteiger partial charge in [0.05, 0.1) is 29.3 Å². The fourth-order valence-electron chi connectivity index (χ4n) is 3.21. The van der Waals surface area contributed by atoms with Gasteiger partial charge in [-0.15, -0.1) is 0 Å². The highest BCUT2D eigenvalue weighted by molar-refractivity contribution is 5.64. The van der Waals surface area contributed by atoms with Gasteiger partial charge in [-0.05, 0) is 36.6 Å². The van der Waals surface area contributed by atoms with E-state index in [4.69, 9.17) is 4.74 Å². The molecule has 6 nitrogen and oxygen atoms in total. The van der Waals surface area contributed by atoms with Crippen molar-refractivity contribution < 1.29 is 9.66 Å². The molecule has 0 N–H and O–H groups in total. The third kappa shape index (κ3) is 2.88. The maximum absolute atomic E-state index is 10.9. The summed E-state index contributed by atoms with van der Waals surface area (Å²) in [5, 5.41) is 20.3. The molecular weight excluding hydrogens is 306 g/mol. The van der Waals surface area contributed by atoms with Crippen molar-refractivity contribution in [2.75, 3.05) is 18.6 Å². The van der Waals surface area contributed by atoms with Crippen LogP contribution in [0.25, 0.3) is 0 Å². The summed E-state index contributed by atoms with van der Waals surface area (Å²) in [6, 6.07) is 14.6. The second-order valence-electron chi connectivity index (χ2n) is 5.69. The topological polar surface area (TPSA) is 79.4 Å². The molecule has 0 amide bonds. The van der Waals surface area contributed by atoms with Crippen LogP contribution in [0.1, 0.15) is 30.0 Å². The fraction of sp³-hybridized carbons (Fsp3) is 0.278. The molecule has 0 saturated carbocycles. The van der Waals surface area contributed by atoms with Crippen molar-refractivity contribution in [1.82, 2.24) is 0 Å². The number of rotatable bonds is 4. The lowest BCUT2D eigenvalue weighted by molar-refractivity contribution is -0.384. The van der Waals surface area contributed by atoms with E-state index in [9.17, 15) is 15.4 Å². The monoisotopic (exact) mass is 323 g/mol. The number of nitrogens with zero attached hydrogens (tertiary/aromatic N) is 3. The minimum absolute atomic E-state index is 0.0597. The van der Waals surface area contributed by atoms with Gasteiger partial charge in [0, 0.05) is 18.7 Å². The fourth-order valence-corrected chi connectivity index (χ4v) is 3.21. The number of nitro benzene ring substituents is 1. The van der Waals surface area contributed by atoms with Gasteiger partial charge < -0.3 is 9.64 Å². The normalized spacial score (nSPS) is 16.7. The SMILES string of the molecule is COc1ccc(C2CCCN2c2ccc([N+](=O)[O-])cc2C#N)cc1. The van der Waals surface area contributed by atoms with Crippen LogP contribution in [0.5, 0.6) is 5.75 Å². The summed E-state index contributed by atoms with van der Waals surface area (Å²) in [5.41, 5.74) is 2.18. The van der Waals surface area contributed by atoms with Gasteiger partial charge in [0.25, 0.3) is 5.69 Å². The summed E-state index contributed by atoms with van der Waals surface area (Å²) in [5.74, 6) is 0.802. The molecule has 0 radical (unpaired) electrons. The number of anilines is 1. The molecule has 122 valence electrons. The highest BCUT2D eigenvalue weighted by Crippen LogP contribution is 2.38. The van der Waals surface area contributed by atoms with E-state index in [1.165, 1.54) is 12.1 Å². The van der Waals surface area contributed by atoms with Gasteiger partial charge in [-0.1, -0.05) is 12.1 Å². The van der Waals surface area contributed by atoms with Crippen molar-refractivity contribution in [2.45, 2.75) is 18.9 Å². The molecule has 2 aromatic rings. The van der Waals surface area contributed by atoms with Crippen molar-refractivity contribution in [3.63, 3.8) is 0 Å². The van der Waals surface area contributed by atoms with E-state index in [0.29, 0.717) is 5.56 Å². The van der Waals surface area contributed by atoms with Crippen molar-refractivity contribution >= 4 is 11.4 Å². The van der Waals surface area contributed by atoms with E-state index < -0.39 is 4.92 Å². The zero-order valence-electron chi connectivity index (χ0n) is 13.3. The van der Waals surface area contributed by atoms with Gasteiger partial charge in [0.15, 0.2) is 0 Å². The summed E-state index contributed by atoms with van der Waals surface area (Å²) in [6.45, 7) is 0.823. The Morgan fingerprint density at radius 2 is 2.04 bits per heavy atom. The van der Waals surface area contributed by atoms with E-state index in [1.807, 2.05) is 24.3 Å². The highest BCUT2D eigenvalue weighted by atomic mass is 16.6. The summed E-state index contributed by atoms with van der Waals surface area (Å²) >= 11 is 0. The number of ether oxygens (including phenoxy) is 1. The molecule has 1 atom stereocenters.